The number of carbonyl (C=O) groups is 1. The Morgan fingerprint density at radius 1 is 1.19 bits per heavy atom. The third kappa shape index (κ3) is 5.12. The Morgan fingerprint density at radius 3 is 2.52 bits per heavy atom. The maximum Gasteiger partial charge on any atom is 0.342 e. The van der Waals surface area contributed by atoms with Crippen LogP contribution in [0.3, 0.4) is 0 Å². The van der Waals surface area contributed by atoms with E-state index in [0.29, 0.717) is 23.1 Å². The minimum atomic E-state index is -1.08. The van der Waals surface area contributed by atoms with Crippen LogP contribution in [-0.4, -0.2) is 27.9 Å². The first-order valence-corrected chi connectivity index (χ1v) is 9.19. The molecule has 1 N–H and O–H groups in total. The van der Waals surface area contributed by atoms with Crippen LogP contribution in [0.4, 0.5) is 0 Å². The monoisotopic (exact) mass is 402 g/mol. The normalized spacial score (nSPS) is 11.4. The van der Waals surface area contributed by atoms with Gasteiger partial charge in [0.15, 0.2) is 0 Å². The van der Waals surface area contributed by atoms with E-state index >= 15 is 0 Å². The van der Waals surface area contributed by atoms with Gasteiger partial charge in [0.2, 0.25) is 5.89 Å². The number of hydrogen-bond donors (Lipinski definition) is 1. The zero-order chi connectivity index (χ0) is 19.2. The quantitative estimate of drug-likeness (QED) is 0.439. The zero-order valence-corrected chi connectivity index (χ0v) is 15.8. The molecule has 0 fully saturated rings. The molecular weight excluding hydrogens is 388 g/mol. The van der Waals surface area contributed by atoms with E-state index in [1.54, 1.807) is 48.5 Å². The smallest absolute Gasteiger partial charge is 0.342 e. The first-order valence-electron chi connectivity index (χ1n) is 8.00. The predicted octanol–water partition coefficient (Wildman–Crippen LogP) is 5.01. The van der Waals surface area contributed by atoms with Gasteiger partial charge in [0.25, 0.3) is 5.22 Å². The van der Waals surface area contributed by atoms with Crippen molar-refractivity contribution in [2.45, 2.75) is 12.1 Å². The van der Waals surface area contributed by atoms with Crippen molar-refractivity contribution in [3.05, 3.63) is 64.0 Å². The Morgan fingerprint density at radius 2 is 1.89 bits per heavy atom. The molecular formula is C19H15ClN2O4S. The molecule has 0 bridgehead atoms. The maximum absolute atomic E-state index is 11.6. The summed E-state index contributed by atoms with van der Waals surface area (Å²) in [4.78, 5) is 11.6. The average molecular weight is 403 g/mol. The van der Waals surface area contributed by atoms with E-state index in [1.165, 1.54) is 6.08 Å². The molecule has 0 aliphatic heterocycles. The number of nitrogens with zero attached hydrogens (tertiary/aromatic N) is 2. The molecule has 2 aromatic carbocycles. The van der Waals surface area contributed by atoms with Crippen LogP contribution in [0, 0.1) is 0 Å². The van der Waals surface area contributed by atoms with Crippen LogP contribution in [0.25, 0.3) is 17.5 Å². The highest BCUT2D eigenvalue weighted by Gasteiger charge is 2.16. The van der Waals surface area contributed by atoms with Gasteiger partial charge < -0.3 is 14.3 Å². The first-order chi connectivity index (χ1) is 13.0. The van der Waals surface area contributed by atoms with Crippen LogP contribution in [0.2, 0.25) is 5.02 Å². The molecule has 138 valence electrons. The van der Waals surface area contributed by atoms with E-state index < -0.39 is 5.97 Å². The van der Waals surface area contributed by atoms with Crippen molar-refractivity contribution in [2.24, 2.45) is 0 Å². The molecule has 0 unspecified atom stereocenters. The fourth-order valence-corrected chi connectivity index (χ4v) is 2.97. The van der Waals surface area contributed by atoms with Crippen molar-refractivity contribution in [2.75, 3.05) is 6.61 Å². The zero-order valence-electron chi connectivity index (χ0n) is 14.3. The molecule has 1 aromatic heterocycles. The van der Waals surface area contributed by atoms with Gasteiger partial charge in [-0.2, -0.15) is 0 Å². The lowest BCUT2D eigenvalue weighted by molar-refractivity contribution is -0.131. The van der Waals surface area contributed by atoms with Gasteiger partial charge in [-0.15, -0.1) is 10.2 Å². The minimum absolute atomic E-state index is 0.0606. The average Bonchev–Trinajstić information content (AvgIpc) is 3.12. The number of carboxylic acids is 1. The van der Waals surface area contributed by atoms with Gasteiger partial charge in [0, 0.05) is 10.6 Å². The molecule has 3 aromatic rings. The molecule has 0 atom stereocenters. The summed E-state index contributed by atoms with van der Waals surface area (Å²) in [6, 6.07) is 14.0. The topological polar surface area (TPSA) is 85.5 Å². The Labute approximate surface area is 164 Å². The fraction of sp³-hybridized carbons (Fsp3) is 0.105. The third-order valence-corrected chi connectivity index (χ3v) is 4.50. The van der Waals surface area contributed by atoms with Crippen molar-refractivity contribution in [3.63, 3.8) is 0 Å². The summed E-state index contributed by atoms with van der Waals surface area (Å²) in [7, 11) is 0. The van der Waals surface area contributed by atoms with E-state index in [-0.39, 0.29) is 10.1 Å². The third-order valence-electron chi connectivity index (χ3n) is 3.39. The highest BCUT2D eigenvalue weighted by molar-refractivity contribution is 8.03. The number of ether oxygens (including phenoxy) is 1. The number of aromatic nitrogens is 2. The maximum atomic E-state index is 11.6. The first kappa shape index (κ1) is 19.0. The Balaban J connectivity index is 1.78. The molecule has 1 heterocycles. The number of thioether (sulfide) groups is 1. The molecule has 6 nitrogen and oxygen atoms in total. The largest absolute Gasteiger partial charge is 0.494 e. The summed E-state index contributed by atoms with van der Waals surface area (Å²) in [6.45, 7) is 2.47. The molecule has 0 amide bonds. The minimum Gasteiger partial charge on any atom is -0.494 e. The molecule has 0 spiro atoms. The molecule has 27 heavy (non-hydrogen) atoms. The molecule has 0 aliphatic carbocycles. The van der Waals surface area contributed by atoms with Crippen LogP contribution in [-0.2, 0) is 4.79 Å². The van der Waals surface area contributed by atoms with Crippen LogP contribution >= 0.6 is 23.4 Å². The summed E-state index contributed by atoms with van der Waals surface area (Å²) in [5.41, 5.74) is 1.42. The second kappa shape index (κ2) is 8.75. The van der Waals surface area contributed by atoms with Crippen molar-refractivity contribution in [1.29, 1.82) is 0 Å². The van der Waals surface area contributed by atoms with Crippen LogP contribution in [0.5, 0.6) is 5.75 Å². The second-order valence-corrected chi connectivity index (χ2v) is 6.73. The van der Waals surface area contributed by atoms with Crippen LogP contribution in [0.1, 0.15) is 12.5 Å². The van der Waals surface area contributed by atoms with Gasteiger partial charge >= 0.3 is 5.97 Å². The fourth-order valence-electron chi connectivity index (χ4n) is 2.17. The molecule has 0 saturated heterocycles. The summed E-state index contributed by atoms with van der Waals surface area (Å²) in [6.07, 6.45) is 1.54. The van der Waals surface area contributed by atoms with Crippen LogP contribution in [0.15, 0.2) is 63.1 Å². The molecule has 0 aliphatic rings. The van der Waals surface area contributed by atoms with Gasteiger partial charge in [-0.1, -0.05) is 23.7 Å². The lowest BCUT2D eigenvalue weighted by atomic mass is 10.2. The lowest BCUT2D eigenvalue weighted by Gasteiger charge is -2.03. The summed E-state index contributed by atoms with van der Waals surface area (Å²) in [5.74, 6) is -0.0659. The summed E-state index contributed by atoms with van der Waals surface area (Å²) >= 11 is 6.75. The number of benzene rings is 2. The number of aliphatic carboxylic acids is 1. The second-order valence-electron chi connectivity index (χ2n) is 5.30. The van der Waals surface area contributed by atoms with Crippen molar-refractivity contribution in [1.82, 2.24) is 10.2 Å². The summed E-state index contributed by atoms with van der Waals surface area (Å²) in [5, 5.41) is 18.1. The standard InChI is InChI=1S/C19H15ClN2O4S/c1-2-25-15-9-3-12(4-10-15)11-16(18(23)24)27-19-22-21-17(26-19)13-5-7-14(20)8-6-13/h3-11H,2H2,1H3,(H,23,24)/b16-11-. The molecule has 0 radical (unpaired) electrons. The van der Waals surface area contributed by atoms with Crippen molar-refractivity contribution < 1.29 is 19.1 Å². The number of rotatable bonds is 7. The van der Waals surface area contributed by atoms with E-state index in [1.807, 2.05) is 6.92 Å². The van der Waals surface area contributed by atoms with E-state index in [4.69, 9.17) is 20.8 Å². The van der Waals surface area contributed by atoms with Crippen molar-refractivity contribution >= 4 is 35.4 Å². The highest BCUT2D eigenvalue weighted by Crippen LogP contribution is 2.30. The predicted molar refractivity (Wildman–Crippen MR) is 104 cm³/mol. The van der Waals surface area contributed by atoms with E-state index in [9.17, 15) is 9.90 Å². The van der Waals surface area contributed by atoms with Gasteiger partial charge in [-0.3, -0.25) is 0 Å². The number of carboxylic acid groups (broad SMARTS) is 1. The van der Waals surface area contributed by atoms with Gasteiger partial charge in [-0.05, 0) is 66.7 Å². The van der Waals surface area contributed by atoms with Gasteiger partial charge in [-0.25, -0.2) is 4.79 Å². The van der Waals surface area contributed by atoms with Crippen molar-refractivity contribution in [3.8, 4) is 17.2 Å². The Hall–Kier alpha value is -2.77. The highest BCUT2D eigenvalue weighted by atomic mass is 35.5. The van der Waals surface area contributed by atoms with E-state index in [2.05, 4.69) is 10.2 Å². The molecule has 8 heteroatoms. The molecule has 3 rings (SSSR count). The van der Waals surface area contributed by atoms with Crippen LogP contribution < -0.4 is 4.74 Å². The van der Waals surface area contributed by atoms with Gasteiger partial charge in [0.05, 0.1) is 6.61 Å². The SMILES string of the molecule is CCOc1ccc(/C=C(\Sc2nnc(-c3ccc(Cl)cc3)o2)C(=O)O)cc1. The number of halogens is 1. The Bertz CT molecular complexity index is 953. The number of hydrogen-bond acceptors (Lipinski definition) is 6. The van der Waals surface area contributed by atoms with E-state index in [0.717, 1.165) is 23.1 Å². The Kier molecular flexibility index (Phi) is 6.16. The molecule has 0 saturated carbocycles. The van der Waals surface area contributed by atoms with Gasteiger partial charge in [0.1, 0.15) is 10.7 Å². The lowest BCUT2D eigenvalue weighted by Crippen LogP contribution is -1.97. The summed E-state index contributed by atoms with van der Waals surface area (Å²) < 4.78 is 10.9.